The van der Waals surface area contributed by atoms with Crippen LogP contribution in [0.2, 0.25) is 0 Å². The van der Waals surface area contributed by atoms with Gasteiger partial charge in [-0.3, -0.25) is 4.79 Å². The molecular weight excluding hydrogens is 442 g/mol. The summed E-state index contributed by atoms with van der Waals surface area (Å²) in [5, 5.41) is 4.53. The van der Waals surface area contributed by atoms with Crippen molar-refractivity contribution in [3.05, 3.63) is 75.2 Å². The van der Waals surface area contributed by atoms with Gasteiger partial charge in [0.25, 0.3) is 0 Å². The summed E-state index contributed by atoms with van der Waals surface area (Å²) in [6, 6.07) is 12.4. The topological polar surface area (TPSA) is 65.8 Å². The number of rotatable bonds is 4. The van der Waals surface area contributed by atoms with E-state index in [0.29, 0.717) is 18.0 Å². The number of hydrogen-bond acceptors (Lipinski definition) is 6. The first-order valence-corrected chi connectivity index (χ1v) is 12.1. The summed E-state index contributed by atoms with van der Waals surface area (Å²) < 4.78 is 18.8. The quantitative estimate of drug-likeness (QED) is 0.554. The summed E-state index contributed by atoms with van der Waals surface area (Å²) in [5.41, 5.74) is 5.26. The van der Waals surface area contributed by atoms with Gasteiger partial charge in [-0.1, -0.05) is 45.0 Å². The molecular formula is C28H33N3O4. The highest BCUT2D eigenvalue weighted by atomic mass is 16.5. The highest BCUT2D eigenvalue weighted by Crippen LogP contribution is 2.46. The minimum Gasteiger partial charge on any atom is -0.493 e. The number of benzene rings is 2. The third-order valence-electron chi connectivity index (χ3n) is 7.11. The van der Waals surface area contributed by atoms with Crippen molar-refractivity contribution in [2.75, 3.05) is 25.7 Å². The van der Waals surface area contributed by atoms with E-state index in [4.69, 9.17) is 14.2 Å². The normalized spacial score (nSPS) is 18.7. The van der Waals surface area contributed by atoms with Crippen molar-refractivity contribution in [3.8, 4) is 17.2 Å². The van der Waals surface area contributed by atoms with Crippen molar-refractivity contribution in [2.45, 2.75) is 58.2 Å². The second-order valence-electron chi connectivity index (χ2n) is 10.4. The molecule has 2 aromatic carbocycles. The van der Waals surface area contributed by atoms with Crippen LogP contribution in [0.3, 0.4) is 0 Å². The van der Waals surface area contributed by atoms with E-state index in [1.807, 2.05) is 13.0 Å². The molecule has 7 heteroatoms. The fourth-order valence-corrected chi connectivity index (χ4v) is 5.18. The highest BCUT2D eigenvalue weighted by molar-refractivity contribution is 5.63. The molecule has 7 nitrogen and oxygen atoms in total. The number of anilines is 1. The molecule has 0 fully saturated rings. The summed E-state index contributed by atoms with van der Waals surface area (Å²) >= 11 is 0. The lowest BCUT2D eigenvalue weighted by Gasteiger charge is -2.45. The van der Waals surface area contributed by atoms with Crippen molar-refractivity contribution in [3.63, 3.8) is 0 Å². The highest BCUT2D eigenvalue weighted by Gasteiger charge is 2.40. The molecule has 0 aliphatic carbocycles. The summed E-state index contributed by atoms with van der Waals surface area (Å²) in [6.45, 7) is 9.76. The molecule has 0 radical (unpaired) electrons. The minimum atomic E-state index is -0.214. The van der Waals surface area contributed by atoms with Crippen LogP contribution >= 0.6 is 0 Å². The molecule has 0 saturated carbocycles. The van der Waals surface area contributed by atoms with E-state index in [2.05, 4.69) is 61.1 Å². The molecule has 184 valence electrons. The van der Waals surface area contributed by atoms with Gasteiger partial charge in [-0.2, -0.15) is 5.10 Å². The summed E-state index contributed by atoms with van der Waals surface area (Å²) in [7, 11) is 3.29. The van der Waals surface area contributed by atoms with Gasteiger partial charge in [0.1, 0.15) is 11.8 Å². The van der Waals surface area contributed by atoms with Gasteiger partial charge in [-0.05, 0) is 53.1 Å². The van der Waals surface area contributed by atoms with Crippen LogP contribution in [0, 0.1) is 0 Å². The molecule has 0 saturated heterocycles. The summed E-state index contributed by atoms with van der Waals surface area (Å²) in [4.78, 5) is 15.7. The molecule has 5 rings (SSSR count). The third kappa shape index (κ3) is 4.03. The molecule has 2 aliphatic heterocycles. The SMILES string of the molecule is COc1cc2c(cc1OC)C1C(C)Oc3c(cnn(Cc4ccc(C(C)(C)C)cc4)c3=O)N1CC2. The first-order chi connectivity index (χ1) is 16.7. The van der Waals surface area contributed by atoms with Gasteiger partial charge in [-0.15, -0.1) is 0 Å². The summed E-state index contributed by atoms with van der Waals surface area (Å²) in [6.07, 6.45) is 2.39. The Balaban J connectivity index is 1.47. The molecule has 2 aliphatic rings. The number of aromatic nitrogens is 2. The molecule has 3 aromatic rings. The smallest absolute Gasteiger partial charge is 0.311 e. The zero-order chi connectivity index (χ0) is 24.9. The molecule has 2 unspecified atom stereocenters. The van der Waals surface area contributed by atoms with Gasteiger partial charge in [0.05, 0.1) is 33.0 Å². The first kappa shape index (κ1) is 23.3. The average molecular weight is 476 g/mol. The molecule has 0 amide bonds. The maximum Gasteiger partial charge on any atom is 0.311 e. The van der Waals surface area contributed by atoms with Gasteiger partial charge in [-0.25, -0.2) is 4.68 Å². The lowest BCUT2D eigenvalue weighted by atomic mass is 9.87. The van der Waals surface area contributed by atoms with Crippen LogP contribution in [-0.2, 0) is 18.4 Å². The average Bonchev–Trinajstić information content (AvgIpc) is 2.84. The van der Waals surface area contributed by atoms with E-state index in [1.54, 1.807) is 20.4 Å². The molecule has 0 spiro atoms. The second-order valence-corrected chi connectivity index (χ2v) is 10.4. The molecule has 0 N–H and O–H groups in total. The predicted octanol–water partition coefficient (Wildman–Crippen LogP) is 4.49. The van der Waals surface area contributed by atoms with Crippen LogP contribution in [0.25, 0.3) is 0 Å². The molecule has 3 heterocycles. The minimum absolute atomic E-state index is 0.0342. The van der Waals surface area contributed by atoms with Gasteiger partial charge < -0.3 is 19.1 Å². The van der Waals surface area contributed by atoms with Crippen LogP contribution in [-0.4, -0.2) is 36.6 Å². The number of ether oxygens (including phenoxy) is 3. The van der Waals surface area contributed by atoms with E-state index in [0.717, 1.165) is 35.5 Å². The summed E-state index contributed by atoms with van der Waals surface area (Å²) in [5.74, 6) is 1.79. The Morgan fingerprint density at radius 3 is 2.43 bits per heavy atom. The Kier molecular flexibility index (Phi) is 5.74. The van der Waals surface area contributed by atoms with Crippen molar-refractivity contribution < 1.29 is 14.2 Å². The lowest BCUT2D eigenvalue weighted by molar-refractivity contribution is 0.160. The van der Waals surface area contributed by atoms with Crippen LogP contribution in [0.15, 0.2) is 47.4 Å². The van der Waals surface area contributed by atoms with Crippen LogP contribution in [0.5, 0.6) is 17.2 Å². The monoisotopic (exact) mass is 475 g/mol. The van der Waals surface area contributed by atoms with E-state index in [-0.39, 0.29) is 23.1 Å². The van der Waals surface area contributed by atoms with Crippen LogP contribution < -0.4 is 24.7 Å². The van der Waals surface area contributed by atoms with Gasteiger partial charge in [0.2, 0.25) is 5.75 Å². The predicted molar refractivity (Wildman–Crippen MR) is 136 cm³/mol. The number of fused-ring (bicyclic) bond motifs is 5. The number of nitrogens with zero attached hydrogens (tertiary/aromatic N) is 3. The van der Waals surface area contributed by atoms with Crippen LogP contribution in [0.1, 0.15) is 56.0 Å². The third-order valence-corrected chi connectivity index (χ3v) is 7.11. The van der Waals surface area contributed by atoms with Gasteiger partial charge >= 0.3 is 5.56 Å². The Morgan fingerprint density at radius 2 is 1.77 bits per heavy atom. The van der Waals surface area contributed by atoms with E-state index < -0.39 is 0 Å². The van der Waals surface area contributed by atoms with Crippen LogP contribution in [0.4, 0.5) is 5.69 Å². The zero-order valence-corrected chi connectivity index (χ0v) is 21.3. The second kappa shape index (κ2) is 8.63. The number of methoxy groups -OCH3 is 2. The largest absolute Gasteiger partial charge is 0.493 e. The van der Waals surface area contributed by atoms with Crippen molar-refractivity contribution in [1.29, 1.82) is 0 Å². The van der Waals surface area contributed by atoms with Gasteiger partial charge in [0, 0.05) is 6.54 Å². The molecule has 35 heavy (non-hydrogen) atoms. The maximum atomic E-state index is 13.4. The molecule has 1 aromatic heterocycles. The van der Waals surface area contributed by atoms with E-state index in [9.17, 15) is 4.79 Å². The zero-order valence-electron chi connectivity index (χ0n) is 21.3. The van der Waals surface area contributed by atoms with E-state index in [1.165, 1.54) is 15.8 Å². The Labute approximate surface area is 206 Å². The Bertz CT molecular complexity index is 1310. The Morgan fingerprint density at radius 1 is 1.09 bits per heavy atom. The van der Waals surface area contributed by atoms with Crippen molar-refractivity contribution >= 4 is 5.69 Å². The first-order valence-electron chi connectivity index (χ1n) is 12.1. The number of hydrogen-bond donors (Lipinski definition) is 0. The lowest BCUT2D eigenvalue weighted by Crippen LogP contribution is -2.48. The van der Waals surface area contributed by atoms with E-state index >= 15 is 0 Å². The molecule has 0 bridgehead atoms. The fraction of sp³-hybridized carbons (Fsp3) is 0.429. The molecule has 2 atom stereocenters. The maximum absolute atomic E-state index is 13.4. The Hall–Kier alpha value is -3.48. The van der Waals surface area contributed by atoms with Crippen molar-refractivity contribution in [2.24, 2.45) is 0 Å². The van der Waals surface area contributed by atoms with Gasteiger partial charge in [0.15, 0.2) is 11.5 Å². The van der Waals surface area contributed by atoms with Crippen molar-refractivity contribution in [1.82, 2.24) is 9.78 Å². The standard InChI is InChI=1S/C28H33N3O4/c1-17-25-21-14-24(34-6)23(33-5)13-19(21)11-12-30(25)22-15-29-31(27(32)26(22)35-17)16-18-7-9-20(10-8-18)28(2,3)4/h7-10,13-15,17,25H,11-12,16H2,1-6H3. The fourth-order valence-electron chi connectivity index (χ4n) is 5.18.